The van der Waals surface area contributed by atoms with Crippen LogP contribution < -0.4 is 5.32 Å². The molecule has 8 nitrogen and oxygen atoms in total. The molecule has 0 aliphatic heterocycles. The van der Waals surface area contributed by atoms with E-state index in [4.69, 9.17) is 4.74 Å². The van der Waals surface area contributed by atoms with Gasteiger partial charge in [-0.05, 0) is 50.6 Å². The summed E-state index contributed by atoms with van der Waals surface area (Å²) in [4.78, 5) is 35.3. The Hall–Kier alpha value is -3.26. The summed E-state index contributed by atoms with van der Waals surface area (Å²) >= 11 is 0. The zero-order valence-corrected chi connectivity index (χ0v) is 15.8. The average Bonchev–Trinajstić information content (AvgIpc) is 2.64. The minimum atomic E-state index is -1.46. The van der Waals surface area contributed by atoms with Gasteiger partial charge in [0.25, 0.3) is 11.6 Å². The first-order valence-electron chi connectivity index (χ1n) is 8.59. The monoisotopic (exact) mass is 386 g/mol. The highest BCUT2D eigenvalue weighted by atomic mass is 16.6. The van der Waals surface area contributed by atoms with Crippen LogP contribution in [0.15, 0.2) is 54.6 Å². The van der Waals surface area contributed by atoms with Crippen molar-refractivity contribution in [3.8, 4) is 0 Å². The molecule has 2 N–H and O–H groups in total. The topological polar surface area (TPSA) is 119 Å². The van der Waals surface area contributed by atoms with Crippen LogP contribution in [0, 0.1) is 10.1 Å². The Labute approximate surface area is 162 Å². The number of rotatable bonds is 6. The molecule has 0 aromatic heterocycles. The van der Waals surface area contributed by atoms with Gasteiger partial charge in [0, 0.05) is 17.7 Å². The zero-order chi connectivity index (χ0) is 20.9. The van der Waals surface area contributed by atoms with E-state index in [-0.39, 0.29) is 11.3 Å². The molecule has 0 saturated heterocycles. The SMILES string of the molecule is CC(C)(C)OC(=O)[C@@H](NC(=O)c1ccccc1)C(O)c1ccc([N+](=O)[O-])cc1. The van der Waals surface area contributed by atoms with Crippen LogP contribution >= 0.6 is 0 Å². The number of nitro benzene ring substituents is 1. The van der Waals surface area contributed by atoms with Crippen molar-refractivity contribution in [2.75, 3.05) is 0 Å². The summed E-state index contributed by atoms with van der Waals surface area (Å²) in [5.41, 5.74) is -0.443. The van der Waals surface area contributed by atoms with Gasteiger partial charge < -0.3 is 15.2 Å². The third kappa shape index (κ3) is 5.62. The van der Waals surface area contributed by atoms with E-state index in [2.05, 4.69) is 5.32 Å². The molecule has 1 amide bonds. The number of nitro groups is 1. The van der Waals surface area contributed by atoms with E-state index < -0.39 is 34.5 Å². The van der Waals surface area contributed by atoms with Crippen LogP contribution in [0.5, 0.6) is 0 Å². The molecule has 0 heterocycles. The summed E-state index contributed by atoms with van der Waals surface area (Å²) in [6.45, 7) is 5.00. The minimum absolute atomic E-state index is 0.155. The van der Waals surface area contributed by atoms with Crippen LogP contribution in [0.25, 0.3) is 0 Å². The predicted octanol–water partition coefficient (Wildman–Crippen LogP) is 2.77. The van der Waals surface area contributed by atoms with Crippen molar-refractivity contribution in [3.63, 3.8) is 0 Å². The number of hydrogen-bond donors (Lipinski definition) is 2. The van der Waals surface area contributed by atoms with Crippen LogP contribution in [0.2, 0.25) is 0 Å². The number of benzene rings is 2. The summed E-state index contributed by atoms with van der Waals surface area (Å²) in [6.07, 6.45) is -1.46. The Morgan fingerprint density at radius 2 is 1.64 bits per heavy atom. The van der Waals surface area contributed by atoms with Crippen LogP contribution in [-0.4, -0.2) is 33.5 Å². The van der Waals surface area contributed by atoms with Gasteiger partial charge in [0.2, 0.25) is 0 Å². The van der Waals surface area contributed by atoms with Crippen molar-refractivity contribution in [2.24, 2.45) is 0 Å². The predicted molar refractivity (Wildman–Crippen MR) is 102 cm³/mol. The van der Waals surface area contributed by atoms with Crippen molar-refractivity contribution in [3.05, 3.63) is 75.8 Å². The highest BCUT2D eigenvalue weighted by Crippen LogP contribution is 2.23. The lowest BCUT2D eigenvalue weighted by atomic mass is 10.0. The number of non-ortho nitro benzene ring substituents is 1. The first-order chi connectivity index (χ1) is 13.1. The molecule has 148 valence electrons. The fraction of sp³-hybridized carbons (Fsp3) is 0.300. The molecule has 2 rings (SSSR count). The molecular formula is C20H22N2O6. The van der Waals surface area contributed by atoms with Gasteiger partial charge >= 0.3 is 5.97 Å². The van der Waals surface area contributed by atoms with Crippen LogP contribution in [-0.2, 0) is 9.53 Å². The third-order valence-electron chi connectivity index (χ3n) is 3.74. The van der Waals surface area contributed by atoms with Crippen molar-refractivity contribution in [2.45, 2.75) is 38.5 Å². The van der Waals surface area contributed by atoms with Gasteiger partial charge in [-0.1, -0.05) is 18.2 Å². The Morgan fingerprint density at radius 3 is 2.14 bits per heavy atom. The average molecular weight is 386 g/mol. The molecule has 2 atom stereocenters. The molecular weight excluding hydrogens is 364 g/mol. The maximum atomic E-state index is 12.6. The first kappa shape index (κ1) is 21.0. The maximum Gasteiger partial charge on any atom is 0.332 e. The van der Waals surface area contributed by atoms with E-state index in [0.29, 0.717) is 5.56 Å². The fourth-order valence-electron chi connectivity index (χ4n) is 2.43. The Morgan fingerprint density at radius 1 is 1.07 bits per heavy atom. The number of aliphatic hydroxyl groups is 1. The highest BCUT2D eigenvalue weighted by molar-refractivity contribution is 5.97. The van der Waals surface area contributed by atoms with Crippen LogP contribution in [0.1, 0.15) is 42.8 Å². The van der Waals surface area contributed by atoms with Crippen LogP contribution in [0.3, 0.4) is 0 Å². The molecule has 2 aromatic carbocycles. The lowest BCUT2D eigenvalue weighted by Crippen LogP contribution is -2.47. The zero-order valence-electron chi connectivity index (χ0n) is 15.8. The fourth-order valence-corrected chi connectivity index (χ4v) is 2.43. The van der Waals surface area contributed by atoms with Crippen molar-refractivity contribution in [1.82, 2.24) is 5.32 Å². The molecule has 0 saturated carbocycles. The number of carbonyl (C=O) groups is 2. The second kappa shape index (κ2) is 8.62. The van der Waals surface area contributed by atoms with Gasteiger partial charge in [-0.3, -0.25) is 14.9 Å². The summed E-state index contributed by atoms with van der Waals surface area (Å²) < 4.78 is 5.32. The number of nitrogens with zero attached hydrogens (tertiary/aromatic N) is 1. The summed E-state index contributed by atoms with van der Waals surface area (Å²) in [7, 11) is 0. The summed E-state index contributed by atoms with van der Waals surface area (Å²) in [6, 6.07) is 11.9. The lowest BCUT2D eigenvalue weighted by Gasteiger charge is -2.27. The Balaban J connectivity index is 2.29. The lowest BCUT2D eigenvalue weighted by molar-refractivity contribution is -0.384. The standard InChI is InChI=1S/C20H22N2O6/c1-20(2,3)28-19(25)16(21-18(24)14-7-5-4-6-8-14)17(23)13-9-11-15(12-10-13)22(26)27/h4-12,16-17,23H,1-3H3,(H,21,24)/t16-,17?/m0/s1. The van der Waals surface area contributed by atoms with Gasteiger partial charge in [-0.25, -0.2) is 4.79 Å². The second-order valence-electron chi connectivity index (χ2n) is 7.14. The van der Waals surface area contributed by atoms with Gasteiger partial charge in [-0.2, -0.15) is 0 Å². The van der Waals surface area contributed by atoms with Crippen molar-refractivity contribution in [1.29, 1.82) is 0 Å². The Bertz CT molecular complexity index is 843. The summed E-state index contributed by atoms with van der Waals surface area (Å²) in [5, 5.41) is 24.0. The normalized spacial score (nSPS) is 13.3. The molecule has 2 aromatic rings. The molecule has 8 heteroatoms. The smallest absolute Gasteiger partial charge is 0.332 e. The number of esters is 1. The van der Waals surface area contributed by atoms with Gasteiger partial charge in [-0.15, -0.1) is 0 Å². The second-order valence-corrected chi connectivity index (χ2v) is 7.14. The first-order valence-corrected chi connectivity index (χ1v) is 8.59. The largest absolute Gasteiger partial charge is 0.458 e. The number of carbonyl (C=O) groups excluding carboxylic acids is 2. The molecule has 1 unspecified atom stereocenters. The maximum absolute atomic E-state index is 12.6. The molecule has 28 heavy (non-hydrogen) atoms. The third-order valence-corrected chi connectivity index (χ3v) is 3.74. The molecule has 0 fully saturated rings. The van der Waals surface area contributed by atoms with E-state index >= 15 is 0 Å². The van der Waals surface area contributed by atoms with Gasteiger partial charge in [0.05, 0.1) is 4.92 Å². The minimum Gasteiger partial charge on any atom is -0.458 e. The number of amides is 1. The number of aliphatic hydroxyl groups excluding tert-OH is 1. The summed E-state index contributed by atoms with van der Waals surface area (Å²) in [5.74, 6) is -1.37. The van der Waals surface area contributed by atoms with E-state index in [9.17, 15) is 24.8 Å². The number of hydrogen-bond acceptors (Lipinski definition) is 6. The van der Waals surface area contributed by atoms with Crippen molar-refractivity contribution < 1.29 is 24.4 Å². The molecule has 0 aliphatic rings. The van der Waals surface area contributed by atoms with E-state index in [1.165, 1.54) is 24.3 Å². The van der Waals surface area contributed by atoms with Gasteiger partial charge in [0.1, 0.15) is 11.7 Å². The quantitative estimate of drug-likeness (QED) is 0.448. The molecule has 0 bridgehead atoms. The van der Waals surface area contributed by atoms with Crippen LogP contribution in [0.4, 0.5) is 5.69 Å². The molecule has 0 spiro atoms. The van der Waals surface area contributed by atoms with E-state index in [1.54, 1.807) is 51.1 Å². The van der Waals surface area contributed by atoms with E-state index in [1.807, 2.05) is 0 Å². The molecule has 0 aliphatic carbocycles. The number of nitrogens with one attached hydrogen (secondary N) is 1. The molecule has 0 radical (unpaired) electrons. The Kier molecular flexibility index (Phi) is 6.48. The van der Waals surface area contributed by atoms with Crippen molar-refractivity contribution >= 4 is 17.6 Å². The highest BCUT2D eigenvalue weighted by Gasteiger charge is 2.34. The van der Waals surface area contributed by atoms with Gasteiger partial charge in [0.15, 0.2) is 6.04 Å². The van der Waals surface area contributed by atoms with E-state index in [0.717, 1.165) is 0 Å². The number of ether oxygens (including phenoxy) is 1.